The number of aromatic nitrogens is 1. The number of aliphatic carboxylic acids is 1. The van der Waals surface area contributed by atoms with Crippen LogP contribution in [0.5, 0.6) is 0 Å². The SMILES string of the molecule is N#Cc1cccc(-c2csc(N(Cc3ccc(C(=O)NCCC(=O)O)cc3)Cc3cccc(Cl)c3)n2)c1. The van der Waals surface area contributed by atoms with Crippen LogP contribution in [0.3, 0.4) is 0 Å². The quantitative estimate of drug-likeness (QED) is 0.270. The zero-order valence-electron chi connectivity index (χ0n) is 19.7. The van der Waals surface area contributed by atoms with Crippen LogP contribution in [0.2, 0.25) is 5.02 Å². The lowest BCUT2D eigenvalue weighted by Crippen LogP contribution is -2.26. The molecule has 0 spiro atoms. The van der Waals surface area contributed by atoms with E-state index in [1.165, 1.54) is 11.3 Å². The maximum Gasteiger partial charge on any atom is 0.305 e. The van der Waals surface area contributed by atoms with Crippen LogP contribution in [0, 0.1) is 11.3 Å². The molecule has 4 aromatic rings. The second-order valence-corrected chi connectivity index (χ2v) is 9.56. The number of carboxylic acids is 1. The molecule has 0 aliphatic heterocycles. The molecule has 0 unspecified atom stereocenters. The highest BCUT2D eigenvalue weighted by Gasteiger charge is 2.15. The van der Waals surface area contributed by atoms with Crippen molar-refractivity contribution in [3.8, 4) is 17.3 Å². The topological polar surface area (TPSA) is 106 Å². The van der Waals surface area contributed by atoms with Crippen molar-refractivity contribution in [2.75, 3.05) is 11.4 Å². The van der Waals surface area contributed by atoms with E-state index in [-0.39, 0.29) is 18.9 Å². The summed E-state index contributed by atoms with van der Waals surface area (Å²) in [6.07, 6.45) is -0.126. The molecule has 2 N–H and O–H groups in total. The highest BCUT2D eigenvalue weighted by atomic mass is 35.5. The van der Waals surface area contributed by atoms with Gasteiger partial charge in [-0.15, -0.1) is 11.3 Å². The van der Waals surface area contributed by atoms with Crippen LogP contribution in [0.4, 0.5) is 5.13 Å². The number of nitrogens with zero attached hydrogens (tertiary/aromatic N) is 3. The molecular formula is C28H23ClN4O3S. The minimum absolute atomic E-state index is 0.0764. The zero-order chi connectivity index (χ0) is 26.2. The Bertz CT molecular complexity index is 1450. The fourth-order valence-electron chi connectivity index (χ4n) is 3.70. The van der Waals surface area contributed by atoms with E-state index in [1.54, 1.807) is 18.2 Å². The molecule has 7 nitrogen and oxygen atoms in total. The van der Waals surface area contributed by atoms with Crippen LogP contribution in [0.25, 0.3) is 11.3 Å². The Hall–Kier alpha value is -4.19. The fourth-order valence-corrected chi connectivity index (χ4v) is 4.75. The summed E-state index contributed by atoms with van der Waals surface area (Å²) >= 11 is 7.73. The summed E-state index contributed by atoms with van der Waals surface area (Å²) in [7, 11) is 0. The van der Waals surface area contributed by atoms with Gasteiger partial charge in [0.15, 0.2) is 5.13 Å². The minimum atomic E-state index is -0.960. The molecule has 1 aromatic heterocycles. The summed E-state index contributed by atoms with van der Waals surface area (Å²) in [6, 6.07) is 24.4. The van der Waals surface area contributed by atoms with Crippen molar-refractivity contribution in [3.05, 3.63) is 105 Å². The number of carbonyl (C=O) groups excluding carboxylic acids is 1. The average Bonchev–Trinajstić information content (AvgIpc) is 3.39. The molecular weight excluding hydrogens is 508 g/mol. The number of rotatable bonds is 10. The third kappa shape index (κ3) is 7.17. The Kier molecular flexibility index (Phi) is 8.52. The summed E-state index contributed by atoms with van der Waals surface area (Å²) in [5.41, 5.74) is 4.72. The summed E-state index contributed by atoms with van der Waals surface area (Å²) in [5, 5.41) is 24.0. The second kappa shape index (κ2) is 12.2. The zero-order valence-corrected chi connectivity index (χ0v) is 21.3. The van der Waals surface area contributed by atoms with Gasteiger partial charge in [0.2, 0.25) is 0 Å². The number of benzene rings is 3. The van der Waals surface area contributed by atoms with Crippen molar-refractivity contribution < 1.29 is 14.7 Å². The van der Waals surface area contributed by atoms with Gasteiger partial charge < -0.3 is 15.3 Å². The van der Waals surface area contributed by atoms with Gasteiger partial charge in [0, 0.05) is 41.2 Å². The molecule has 0 aliphatic rings. The van der Waals surface area contributed by atoms with Crippen LogP contribution in [0.1, 0.15) is 33.5 Å². The van der Waals surface area contributed by atoms with Crippen molar-refractivity contribution in [3.63, 3.8) is 0 Å². The first-order valence-corrected chi connectivity index (χ1v) is 12.7. The Labute approximate surface area is 223 Å². The molecule has 0 bridgehead atoms. The maximum atomic E-state index is 12.3. The number of hydrogen-bond acceptors (Lipinski definition) is 6. The van der Waals surface area contributed by atoms with E-state index >= 15 is 0 Å². The number of carbonyl (C=O) groups is 2. The normalized spacial score (nSPS) is 10.5. The summed E-state index contributed by atoms with van der Waals surface area (Å²) in [5.74, 6) is -1.27. The third-order valence-electron chi connectivity index (χ3n) is 5.53. The van der Waals surface area contributed by atoms with Gasteiger partial charge >= 0.3 is 5.97 Å². The van der Waals surface area contributed by atoms with E-state index in [4.69, 9.17) is 21.7 Å². The Morgan fingerprint density at radius 1 is 1.03 bits per heavy atom. The van der Waals surface area contributed by atoms with Crippen LogP contribution in [0.15, 0.2) is 78.2 Å². The van der Waals surface area contributed by atoms with E-state index in [0.717, 1.165) is 27.5 Å². The first-order chi connectivity index (χ1) is 17.9. The van der Waals surface area contributed by atoms with Gasteiger partial charge in [-0.25, -0.2) is 4.98 Å². The lowest BCUT2D eigenvalue weighted by molar-refractivity contribution is -0.136. The van der Waals surface area contributed by atoms with Crippen molar-refractivity contribution in [2.24, 2.45) is 0 Å². The van der Waals surface area contributed by atoms with E-state index in [9.17, 15) is 14.9 Å². The minimum Gasteiger partial charge on any atom is -0.481 e. The summed E-state index contributed by atoms with van der Waals surface area (Å²) in [4.78, 5) is 29.9. The van der Waals surface area contributed by atoms with Gasteiger partial charge in [-0.3, -0.25) is 9.59 Å². The Morgan fingerprint density at radius 3 is 2.51 bits per heavy atom. The Balaban J connectivity index is 1.55. The molecule has 0 fully saturated rings. The molecule has 1 amide bonds. The number of halogens is 1. The van der Waals surface area contributed by atoms with Gasteiger partial charge in [-0.05, 0) is 47.5 Å². The van der Waals surface area contributed by atoms with Crippen LogP contribution >= 0.6 is 22.9 Å². The lowest BCUT2D eigenvalue weighted by atomic mass is 10.1. The predicted molar refractivity (Wildman–Crippen MR) is 145 cm³/mol. The molecule has 0 aliphatic carbocycles. The van der Waals surface area contributed by atoms with Gasteiger partial charge in [0.1, 0.15) is 0 Å². The van der Waals surface area contributed by atoms with E-state index < -0.39 is 5.97 Å². The monoisotopic (exact) mass is 530 g/mol. The number of thiazole rings is 1. The van der Waals surface area contributed by atoms with Gasteiger partial charge in [0.05, 0.1) is 23.7 Å². The first-order valence-electron chi connectivity index (χ1n) is 11.5. The van der Waals surface area contributed by atoms with Gasteiger partial charge in [0.25, 0.3) is 5.91 Å². The molecule has 37 heavy (non-hydrogen) atoms. The Morgan fingerprint density at radius 2 is 1.78 bits per heavy atom. The van der Waals surface area contributed by atoms with Crippen LogP contribution < -0.4 is 10.2 Å². The standard InChI is InChI=1S/C28H23ClN4O3S/c29-24-6-2-4-21(14-24)17-33(28-32-25(18-37-28)23-5-1-3-20(13-23)15-30)16-19-7-9-22(10-8-19)27(36)31-12-11-26(34)35/h1-10,13-14,18H,11-12,16-17H2,(H,31,36)(H,34,35). The van der Waals surface area contributed by atoms with Crippen LogP contribution in [-0.4, -0.2) is 28.5 Å². The smallest absolute Gasteiger partial charge is 0.305 e. The molecule has 0 atom stereocenters. The number of hydrogen-bond donors (Lipinski definition) is 2. The molecule has 9 heteroatoms. The molecule has 0 saturated heterocycles. The van der Waals surface area contributed by atoms with Crippen molar-refractivity contribution in [1.82, 2.24) is 10.3 Å². The van der Waals surface area contributed by atoms with E-state index in [2.05, 4.69) is 16.3 Å². The predicted octanol–water partition coefficient (Wildman–Crippen LogP) is 5.75. The molecule has 0 radical (unpaired) electrons. The van der Waals surface area contributed by atoms with Crippen molar-refractivity contribution in [2.45, 2.75) is 19.5 Å². The molecule has 1 heterocycles. The molecule has 186 valence electrons. The maximum absolute atomic E-state index is 12.3. The highest BCUT2D eigenvalue weighted by Crippen LogP contribution is 2.30. The van der Waals surface area contributed by atoms with E-state index in [0.29, 0.717) is 29.2 Å². The average molecular weight is 531 g/mol. The van der Waals surface area contributed by atoms with Crippen molar-refractivity contribution in [1.29, 1.82) is 5.26 Å². The lowest BCUT2D eigenvalue weighted by Gasteiger charge is -2.22. The summed E-state index contributed by atoms with van der Waals surface area (Å²) < 4.78 is 0. The number of amides is 1. The highest BCUT2D eigenvalue weighted by molar-refractivity contribution is 7.14. The van der Waals surface area contributed by atoms with E-state index in [1.807, 2.05) is 60.0 Å². The van der Waals surface area contributed by atoms with Crippen molar-refractivity contribution >= 4 is 39.9 Å². The largest absolute Gasteiger partial charge is 0.481 e. The number of anilines is 1. The number of carboxylic acid groups (broad SMARTS) is 1. The summed E-state index contributed by atoms with van der Waals surface area (Å²) in [6.45, 7) is 1.19. The molecule has 0 saturated carbocycles. The van der Waals surface area contributed by atoms with Gasteiger partial charge in [-0.1, -0.05) is 48.0 Å². The number of nitrogens with one attached hydrogen (secondary N) is 1. The third-order valence-corrected chi connectivity index (χ3v) is 6.66. The van der Waals surface area contributed by atoms with Crippen LogP contribution in [-0.2, 0) is 17.9 Å². The number of nitriles is 1. The molecule has 3 aromatic carbocycles. The molecule has 4 rings (SSSR count). The fraction of sp³-hybridized carbons (Fsp3) is 0.143. The second-order valence-electron chi connectivity index (χ2n) is 8.29. The first kappa shape index (κ1) is 25.9. The van der Waals surface area contributed by atoms with Gasteiger partial charge in [-0.2, -0.15) is 5.26 Å².